The molecule has 0 aliphatic heterocycles. The lowest BCUT2D eigenvalue weighted by Crippen LogP contribution is -2.02. The van der Waals surface area contributed by atoms with Crippen LogP contribution in [0, 0.1) is 6.92 Å². The summed E-state index contributed by atoms with van der Waals surface area (Å²) in [6.45, 7) is 2.92. The Hall–Kier alpha value is -3.04. The predicted octanol–water partition coefficient (Wildman–Crippen LogP) is 5.99. The SMILES string of the molecule is COc1ccc(/C=C/c2nc3ccccc3n2Cc2cccc(C)c2)cc1.Cl. The molecule has 1 heterocycles. The maximum atomic E-state index is 5.23. The standard InChI is InChI=1S/C24H22N2O.ClH/c1-18-6-5-7-20(16-18)17-26-23-9-4-3-8-22(23)25-24(26)15-12-19-10-13-21(27-2)14-11-19;/h3-16H,17H2,1-2H3;1H/b15-12+;. The molecule has 0 saturated heterocycles. The number of para-hydroxylation sites is 2. The van der Waals surface area contributed by atoms with Gasteiger partial charge in [-0.05, 0) is 48.4 Å². The van der Waals surface area contributed by atoms with Crippen LogP contribution in [0.15, 0.2) is 72.8 Å². The van der Waals surface area contributed by atoms with Crippen LogP contribution in [0.1, 0.15) is 22.5 Å². The van der Waals surface area contributed by atoms with Crippen LogP contribution in [0.2, 0.25) is 0 Å². The first-order valence-electron chi connectivity index (χ1n) is 9.06. The molecular weight excluding hydrogens is 368 g/mol. The molecule has 4 aromatic rings. The third-order valence-electron chi connectivity index (χ3n) is 4.65. The zero-order chi connectivity index (χ0) is 18.6. The molecule has 0 atom stereocenters. The van der Waals surface area contributed by atoms with E-state index in [9.17, 15) is 0 Å². The predicted molar refractivity (Wildman–Crippen MR) is 119 cm³/mol. The van der Waals surface area contributed by atoms with E-state index in [4.69, 9.17) is 9.72 Å². The summed E-state index contributed by atoms with van der Waals surface area (Å²) in [7, 11) is 1.68. The van der Waals surface area contributed by atoms with Crippen molar-refractivity contribution in [1.82, 2.24) is 9.55 Å². The largest absolute Gasteiger partial charge is 0.497 e. The molecule has 0 aliphatic carbocycles. The number of hydrogen-bond acceptors (Lipinski definition) is 2. The summed E-state index contributed by atoms with van der Waals surface area (Å²) >= 11 is 0. The third kappa shape index (κ3) is 4.26. The van der Waals surface area contributed by atoms with E-state index in [1.807, 2.05) is 30.3 Å². The molecular formula is C24H23ClN2O. The van der Waals surface area contributed by atoms with E-state index < -0.39 is 0 Å². The number of nitrogens with zero attached hydrogens (tertiary/aromatic N) is 2. The highest BCUT2D eigenvalue weighted by Crippen LogP contribution is 2.21. The Balaban J connectivity index is 0.00000225. The van der Waals surface area contributed by atoms with Crippen molar-refractivity contribution in [2.45, 2.75) is 13.5 Å². The monoisotopic (exact) mass is 390 g/mol. The normalized spacial score (nSPS) is 10.9. The number of benzene rings is 3. The van der Waals surface area contributed by atoms with Crippen LogP contribution in [0.3, 0.4) is 0 Å². The van der Waals surface area contributed by atoms with E-state index in [1.54, 1.807) is 7.11 Å². The van der Waals surface area contributed by atoms with Crippen molar-refractivity contribution in [2.75, 3.05) is 7.11 Å². The van der Waals surface area contributed by atoms with Crippen molar-refractivity contribution in [3.63, 3.8) is 0 Å². The minimum absolute atomic E-state index is 0. The van der Waals surface area contributed by atoms with Crippen molar-refractivity contribution in [1.29, 1.82) is 0 Å². The first-order valence-corrected chi connectivity index (χ1v) is 9.06. The molecule has 0 fully saturated rings. The van der Waals surface area contributed by atoms with Crippen LogP contribution in [-0.2, 0) is 6.54 Å². The summed E-state index contributed by atoms with van der Waals surface area (Å²) < 4.78 is 7.49. The smallest absolute Gasteiger partial charge is 0.134 e. The second-order valence-electron chi connectivity index (χ2n) is 6.64. The van der Waals surface area contributed by atoms with Gasteiger partial charge in [-0.1, -0.05) is 60.2 Å². The van der Waals surface area contributed by atoms with Crippen molar-refractivity contribution >= 4 is 35.6 Å². The quantitative estimate of drug-likeness (QED) is 0.418. The van der Waals surface area contributed by atoms with Gasteiger partial charge in [0.2, 0.25) is 0 Å². The highest BCUT2D eigenvalue weighted by molar-refractivity contribution is 5.85. The molecule has 0 radical (unpaired) electrons. The number of hydrogen-bond donors (Lipinski definition) is 0. The molecule has 0 bridgehead atoms. The van der Waals surface area contributed by atoms with E-state index >= 15 is 0 Å². The molecule has 0 unspecified atom stereocenters. The van der Waals surface area contributed by atoms with Crippen molar-refractivity contribution in [2.24, 2.45) is 0 Å². The van der Waals surface area contributed by atoms with Gasteiger partial charge in [-0.3, -0.25) is 0 Å². The van der Waals surface area contributed by atoms with Crippen molar-refractivity contribution in [3.8, 4) is 5.75 Å². The van der Waals surface area contributed by atoms with Crippen LogP contribution in [0.25, 0.3) is 23.2 Å². The third-order valence-corrected chi connectivity index (χ3v) is 4.65. The second-order valence-corrected chi connectivity index (χ2v) is 6.64. The maximum Gasteiger partial charge on any atom is 0.134 e. The number of ether oxygens (including phenoxy) is 1. The van der Waals surface area contributed by atoms with Gasteiger partial charge in [0, 0.05) is 6.54 Å². The summed E-state index contributed by atoms with van der Waals surface area (Å²) in [4.78, 5) is 4.83. The van der Waals surface area contributed by atoms with Gasteiger partial charge in [0.15, 0.2) is 0 Å². The van der Waals surface area contributed by atoms with E-state index in [1.165, 1.54) is 11.1 Å². The summed E-state index contributed by atoms with van der Waals surface area (Å²) in [6, 6.07) is 24.9. The van der Waals surface area contributed by atoms with Crippen LogP contribution < -0.4 is 4.74 Å². The molecule has 3 nitrogen and oxygen atoms in total. The lowest BCUT2D eigenvalue weighted by atomic mass is 10.1. The fourth-order valence-corrected chi connectivity index (χ4v) is 3.27. The van der Waals surface area contributed by atoms with Crippen LogP contribution in [0.4, 0.5) is 0 Å². The Morgan fingerprint density at radius 1 is 0.929 bits per heavy atom. The summed E-state index contributed by atoms with van der Waals surface area (Å²) in [5, 5.41) is 0. The molecule has 3 aromatic carbocycles. The van der Waals surface area contributed by atoms with Gasteiger partial charge >= 0.3 is 0 Å². The fraction of sp³-hybridized carbons (Fsp3) is 0.125. The molecule has 0 aliphatic rings. The lowest BCUT2D eigenvalue weighted by Gasteiger charge is -2.08. The molecule has 1 aromatic heterocycles. The molecule has 4 rings (SSSR count). The number of fused-ring (bicyclic) bond motifs is 1. The Labute approximate surface area is 171 Å². The Morgan fingerprint density at radius 2 is 1.71 bits per heavy atom. The molecule has 0 spiro atoms. The number of halogens is 1. The summed E-state index contributed by atoms with van der Waals surface area (Å²) in [5.41, 5.74) is 5.82. The van der Waals surface area contributed by atoms with Gasteiger partial charge in [0.1, 0.15) is 11.6 Å². The van der Waals surface area contributed by atoms with Crippen LogP contribution in [-0.4, -0.2) is 16.7 Å². The van der Waals surface area contributed by atoms with E-state index in [2.05, 4.69) is 66.1 Å². The first kappa shape index (κ1) is 19.7. The molecule has 28 heavy (non-hydrogen) atoms. The molecule has 0 saturated carbocycles. The van der Waals surface area contributed by atoms with Gasteiger partial charge in [-0.25, -0.2) is 4.98 Å². The average molecular weight is 391 g/mol. The van der Waals surface area contributed by atoms with Gasteiger partial charge in [0.05, 0.1) is 18.1 Å². The van der Waals surface area contributed by atoms with Gasteiger partial charge in [-0.2, -0.15) is 0 Å². The number of aryl methyl sites for hydroxylation is 1. The van der Waals surface area contributed by atoms with Crippen molar-refractivity contribution in [3.05, 3.63) is 95.3 Å². The molecule has 0 N–H and O–H groups in total. The fourth-order valence-electron chi connectivity index (χ4n) is 3.27. The van der Waals surface area contributed by atoms with Gasteiger partial charge in [-0.15, -0.1) is 12.4 Å². The van der Waals surface area contributed by atoms with Gasteiger partial charge in [0.25, 0.3) is 0 Å². The summed E-state index contributed by atoms with van der Waals surface area (Å²) in [6.07, 6.45) is 4.17. The number of methoxy groups -OCH3 is 1. The topological polar surface area (TPSA) is 27.1 Å². The zero-order valence-electron chi connectivity index (χ0n) is 16.0. The summed E-state index contributed by atoms with van der Waals surface area (Å²) in [5.74, 6) is 1.81. The van der Waals surface area contributed by atoms with E-state index in [-0.39, 0.29) is 12.4 Å². The molecule has 4 heteroatoms. The highest BCUT2D eigenvalue weighted by Gasteiger charge is 2.09. The molecule has 142 valence electrons. The van der Waals surface area contributed by atoms with Crippen LogP contribution in [0.5, 0.6) is 5.75 Å². The van der Waals surface area contributed by atoms with E-state index in [0.29, 0.717) is 0 Å². The number of imidazole rings is 1. The van der Waals surface area contributed by atoms with Crippen molar-refractivity contribution < 1.29 is 4.74 Å². The zero-order valence-corrected chi connectivity index (χ0v) is 16.8. The first-order chi connectivity index (χ1) is 13.2. The number of aromatic nitrogens is 2. The maximum absolute atomic E-state index is 5.23. The van der Waals surface area contributed by atoms with E-state index in [0.717, 1.165) is 34.7 Å². The minimum Gasteiger partial charge on any atom is -0.497 e. The highest BCUT2D eigenvalue weighted by atomic mass is 35.5. The number of rotatable bonds is 5. The molecule has 0 amide bonds. The average Bonchev–Trinajstić information content (AvgIpc) is 3.04. The second kappa shape index (κ2) is 8.77. The Morgan fingerprint density at radius 3 is 2.46 bits per heavy atom. The minimum atomic E-state index is 0. The van der Waals surface area contributed by atoms with Crippen LogP contribution >= 0.6 is 12.4 Å². The Kier molecular flexibility index (Phi) is 6.17. The van der Waals surface area contributed by atoms with Gasteiger partial charge < -0.3 is 9.30 Å². The Bertz CT molecular complexity index is 1100. The lowest BCUT2D eigenvalue weighted by molar-refractivity contribution is 0.415.